The Bertz CT molecular complexity index is 500. The Labute approximate surface area is 164 Å². The zero-order valence-corrected chi connectivity index (χ0v) is 17.8. The molecule has 24 heavy (non-hydrogen) atoms. The molecule has 0 aromatic heterocycles. The first-order valence-corrected chi connectivity index (χ1v) is 9.03. The summed E-state index contributed by atoms with van der Waals surface area (Å²) in [6.45, 7) is 11.0. The first-order valence-electron chi connectivity index (χ1n) is 9.03. The lowest BCUT2D eigenvalue weighted by molar-refractivity contribution is 0.296. The normalized spacial score (nSPS) is 14.3. The maximum atomic E-state index is 4.47. The van der Waals surface area contributed by atoms with Gasteiger partial charge in [-0.3, -0.25) is 4.99 Å². The molecule has 1 aromatic rings. The van der Waals surface area contributed by atoms with Crippen LogP contribution in [0.15, 0.2) is 29.3 Å². The first-order chi connectivity index (χ1) is 11.3. The molecule has 0 saturated carbocycles. The molecule has 1 aliphatic heterocycles. The van der Waals surface area contributed by atoms with Gasteiger partial charge in [0.05, 0.1) is 0 Å². The van der Waals surface area contributed by atoms with Crippen LogP contribution in [0, 0.1) is 0 Å². The number of aliphatic imine (C=N–C) groups is 1. The van der Waals surface area contributed by atoms with Crippen molar-refractivity contribution in [3.8, 4) is 0 Å². The van der Waals surface area contributed by atoms with Gasteiger partial charge in [-0.15, -0.1) is 24.0 Å². The van der Waals surface area contributed by atoms with Crippen LogP contribution in [0.4, 0.5) is 0 Å². The summed E-state index contributed by atoms with van der Waals surface area (Å²) < 4.78 is 0. The number of benzene rings is 1. The SMILES string of the molecule is CCN(CC)CCCCNC(=NC)N1CCc2ccccc2C1.I. The molecule has 0 aliphatic carbocycles. The van der Waals surface area contributed by atoms with E-state index in [4.69, 9.17) is 0 Å². The number of unbranched alkanes of at least 4 members (excludes halogenated alkanes) is 1. The van der Waals surface area contributed by atoms with Crippen LogP contribution < -0.4 is 5.32 Å². The molecule has 1 aromatic carbocycles. The van der Waals surface area contributed by atoms with Gasteiger partial charge in [0.2, 0.25) is 0 Å². The number of rotatable bonds is 7. The third-order valence-electron chi connectivity index (χ3n) is 4.72. The van der Waals surface area contributed by atoms with Crippen LogP contribution >= 0.6 is 24.0 Å². The zero-order chi connectivity index (χ0) is 16.5. The van der Waals surface area contributed by atoms with E-state index in [9.17, 15) is 0 Å². The van der Waals surface area contributed by atoms with E-state index < -0.39 is 0 Å². The smallest absolute Gasteiger partial charge is 0.193 e. The van der Waals surface area contributed by atoms with Crippen LogP contribution in [0.25, 0.3) is 0 Å². The first kappa shape index (κ1) is 21.2. The summed E-state index contributed by atoms with van der Waals surface area (Å²) in [4.78, 5) is 9.32. The molecule has 1 aliphatic rings. The van der Waals surface area contributed by atoms with Crippen LogP contribution in [0.2, 0.25) is 0 Å². The summed E-state index contributed by atoms with van der Waals surface area (Å²) in [5.41, 5.74) is 2.92. The molecule has 0 unspecified atom stereocenters. The highest BCUT2D eigenvalue weighted by Crippen LogP contribution is 2.18. The van der Waals surface area contributed by atoms with Gasteiger partial charge in [-0.1, -0.05) is 38.1 Å². The molecular formula is C19H33IN4. The van der Waals surface area contributed by atoms with Crippen molar-refractivity contribution in [3.63, 3.8) is 0 Å². The Morgan fingerprint density at radius 1 is 1.17 bits per heavy atom. The van der Waals surface area contributed by atoms with Gasteiger partial charge in [0.25, 0.3) is 0 Å². The lowest BCUT2D eigenvalue weighted by Crippen LogP contribution is -2.44. The van der Waals surface area contributed by atoms with E-state index in [1.807, 2.05) is 7.05 Å². The molecular weight excluding hydrogens is 411 g/mol. The van der Waals surface area contributed by atoms with Gasteiger partial charge < -0.3 is 15.1 Å². The molecule has 136 valence electrons. The van der Waals surface area contributed by atoms with E-state index in [-0.39, 0.29) is 24.0 Å². The number of fused-ring (bicyclic) bond motifs is 1. The maximum absolute atomic E-state index is 4.47. The Hall–Kier alpha value is -0.820. The minimum atomic E-state index is 0. The Morgan fingerprint density at radius 3 is 2.54 bits per heavy atom. The van der Waals surface area contributed by atoms with Crippen molar-refractivity contribution in [2.45, 2.75) is 39.7 Å². The molecule has 0 radical (unpaired) electrons. The predicted octanol–water partition coefficient (Wildman–Crippen LogP) is 3.36. The van der Waals surface area contributed by atoms with Crippen LogP contribution in [0.1, 0.15) is 37.8 Å². The van der Waals surface area contributed by atoms with Crippen molar-refractivity contribution in [1.29, 1.82) is 0 Å². The van der Waals surface area contributed by atoms with Gasteiger partial charge >= 0.3 is 0 Å². The van der Waals surface area contributed by atoms with Gasteiger partial charge in [0.15, 0.2) is 5.96 Å². The number of hydrogen-bond donors (Lipinski definition) is 1. The second-order valence-corrected chi connectivity index (χ2v) is 6.15. The Morgan fingerprint density at radius 2 is 1.88 bits per heavy atom. The van der Waals surface area contributed by atoms with Gasteiger partial charge in [-0.05, 0) is 50.0 Å². The monoisotopic (exact) mass is 444 g/mol. The second kappa shape index (κ2) is 11.7. The van der Waals surface area contributed by atoms with Crippen molar-refractivity contribution < 1.29 is 0 Å². The molecule has 2 rings (SSSR count). The van der Waals surface area contributed by atoms with Crippen molar-refractivity contribution in [3.05, 3.63) is 35.4 Å². The number of nitrogens with zero attached hydrogens (tertiary/aromatic N) is 3. The molecule has 0 saturated heterocycles. The van der Waals surface area contributed by atoms with Gasteiger partial charge in [-0.25, -0.2) is 0 Å². The molecule has 1 heterocycles. The number of hydrogen-bond acceptors (Lipinski definition) is 2. The topological polar surface area (TPSA) is 30.9 Å². The molecule has 0 fully saturated rings. The maximum Gasteiger partial charge on any atom is 0.193 e. The second-order valence-electron chi connectivity index (χ2n) is 6.15. The van der Waals surface area contributed by atoms with Gasteiger partial charge in [-0.2, -0.15) is 0 Å². The third-order valence-corrected chi connectivity index (χ3v) is 4.72. The van der Waals surface area contributed by atoms with E-state index in [1.54, 1.807) is 0 Å². The summed E-state index contributed by atoms with van der Waals surface area (Å²) in [5.74, 6) is 1.04. The molecule has 4 nitrogen and oxygen atoms in total. The number of halogens is 1. The Kier molecular flexibility index (Phi) is 10.3. The molecule has 1 N–H and O–H groups in total. The quantitative estimate of drug-likeness (QED) is 0.303. The molecule has 0 bridgehead atoms. The third kappa shape index (κ3) is 6.24. The van der Waals surface area contributed by atoms with Gasteiger partial charge in [0.1, 0.15) is 0 Å². The van der Waals surface area contributed by atoms with Crippen LogP contribution in [0.5, 0.6) is 0 Å². The van der Waals surface area contributed by atoms with Crippen molar-refractivity contribution in [2.24, 2.45) is 4.99 Å². The summed E-state index contributed by atoms with van der Waals surface area (Å²) in [7, 11) is 1.89. The number of nitrogens with one attached hydrogen (secondary N) is 1. The fourth-order valence-electron chi connectivity index (χ4n) is 3.21. The fraction of sp³-hybridized carbons (Fsp3) is 0.632. The van der Waals surface area contributed by atoms with E-state index in [1.165, 1.54) is 30.5 Å². The van der Waals surface area contributed by atoms with Crippen molar-refractivity contribution >= 4 is 29.9 Å². The average Bonchev–Trinajstić information content (AvgIpc) is 2.61. The summed E-state index contributed by atoms with van der Waals surface area (Å²) in [5, 5.41) is 3.54. The lowest BCUT2D eigenvalue weighted by atomic mass is 10.0. The highest BCUT2D eigenvalue weighted by Gasteiger charge is 2.18. The van der Waals surface area contributed by atoms with Crippen LogP contribution in [-0.2, 0) is 13.0 Å². The molecule has 0 atom stereocenters. The Balaban J connectivity index is 0.00000288. The predicted molar refractivity (Wildman–Crippen MR) is 114 cm³/mol. The zero-order valence-electron chi connectivity index (χ0n) is 15.4. The largest absolute Gasteiger partial charge is 0.356 e. The minimum Gasteiger partial charge on any atom is -0.356 e. The standard InChI is InChI=1S/C19H32N4.HI/c1-4-22(5-2)14-9-8-13-21-19(20-3)23-15-12-17-10-6-7-11-18(17)16-23;/h6-7,10-11H,4-5,8-9,12-16H2,1-3H3,(H,20,21);1H. The summed E-state index contributed by atoms with van der Waals surface area (Å²) in [6, 6.07) is 8.75. The van der Waals surface area contributed by atoms with Crippen LogP contribution in [0.3, 0.4) is 0 Å². The molecule has 0 amide bonds. The van der Waals surface area contributed by atoms with Crippen molar-refractivity contribution in [2.75, 3.05) is 39.8 Å². The highest BCUT2D eigenvalue weighted by molar-refractivity contribution is 14.0. The van der Waals surface area contributed by atoms with E-state index in [2.05, 4.69) is 58.2 Å². The van der Waals surface area contributed by atoms with E-state index in [0.717, 1.165) is 45.1 Å². The van der Waals surface area contributed by atoms with Gasteiger partial charge in [0, 0.05) is 26.7 Å². The molecule has 0 spiro atoms. The van der Waals surface area contributed by atoms with Crippen molar-refractivity contribution in [1.82, 2.24) is 15.1 Å². The van der Waals surface area contributed by atoms with Crippen LogP contribution in [-0.4, -0.2) is 55.5 Å². The highest BCUT2D eigenvalue weighted by atomic mass is 127. The minimum absolute atomic E-state index is 0. The van der Waals surface area contributed by atoms with E-state index >= 15 is 0 Å². The lowest BCUT2D eigenvalue weighted by Gasteiger charge is -2.31. The summed E-state index contributed by atoms with van der Waals surface area (Å²) in [6.07, 6.45) is 3.55. The number of guanidine groups is 1. The fourth-order valence-corrected chi connectivity index (χ4v) is 3.21. The average molecular weight is 444 g/mol. The van der Waals surface area contributed by atoms with E-state index in [0.29, 0.717) is 0 Å². The summed E-state index contributed by atoms with van der Waals surface area (Å²) >= 11 is 0. The molecule has 5 heteroatoms.